The number of nitrogens with zero attached hydrogens (tertiary/aromatic N) is 1. The number of hydrogen-bond acceptors (Lipinski definition) is 2. The third-order valence-electron chi connectivity index (χ3n) is 4.57. The van der Waals surface area contributed by atoms with Gasteiger partial charge in [-0.2, -0.15) is 4.31 Å². The quantitative estimate of drug-likeness (QED) is 0.686. The summed E-state index contributed by atoms with van der Waals surface area (Å²) in [5.41, 5.74) is 0. The molecule has 0 atom stereocenters. The zero-order valence-electron chi connectivity index (χ0n) is 11.7. The van der Waals surface area contributed by atoms with Gasteiger partial charge >= 0.3 is 0 Å². The molecule has 0 saturated heterocycles. The molecule has 0 aliphatic heterocycles. The van der Waals surface area contributed by atoms with Crippen LogP contribution in [0.15, 0.2) is 0 Å². The van der Waals surface area contributed by atoms with Crippen molar-refractivity contribution in [1.29, 1.82) is 0 Å². The second kappa shape index (κ2) is 7.41. The van der Waals surface area contributed by atoms with Gasteiger partial charge in [0.15, 0.2) is 0 Å². The summed E-state index contributed by atoms with van der Waals surface area (Å²) in [4.78, 5) is 0. The van der Waals surface area contributed by atoms with Crippen molar-refractivity contribution in [1.82, 2.24) is 4.31 Å². The molecule has 112 valence electrons. The van der Waals surface area contributed by atoms with E-state index in [1.54, 1.807) is 0 Å². The molecule has 2 rings (SSSR count). The lowest BCUT2D eigenvalue weighted by atomic mass is 9.91. The van der Waals surface area contributed by atoms with Crippen LogP contribution in [0.4, 0.5) is 0 Å². The predicted molar refractivity (Wildman–Crippen MR) is 83.1 cm³/mol. The normalized spacial score (nSPS) is 23.3. The van der Waals surface area contributed by atoms with Gasteiger partial charge in [0.1, 0.15) is 0 Å². The van der Waals surface area contributed by atoms with E-state index in [1.165, 1.54) is 32.1 Å². The van der Waals surface area contributed by atoms with Crippen molar-refractivity contribution in [2.45, 2.75) is 63.8 Å². The van der Waals surface area contributed by atoms with Gasteiger partial charge in [-0.15, -0.1) is 0 Å². The Morgan fingerprint density at radius 3 is 2.11 bits per heavy atom. The van der Waals surface area contributed by atoms with Crippen molar-refractivity contribution in [2.75, 3.05) is 17.6 Å². The average Bonchev–Trinajstić information content (AvgIpc) is 2.90. The van der Waals surface area contributed by atoms with Crippen LogP contribution in [-0.2, 0) is 10.0 Å². The molecule has 2 aliphatic rings. The number of sulfonamides is 1. The van der Waals surface area contributed by atoms with E-state index >= 15 is 0 Å². The zero-order chi connectivity index (χ0) is 13.7. The maximum atomic E-state index is 12.7. The molecular weight excluding hydrogens is 326 g/mol. The van der Waals surface area contributed by atoms with Crippen molar-refractivity contribution in [3.63, 3.8) is 0 Å². The fraction of sp³-hybridized carbons (Fsp3) is 1.00. The Balaban J connectivity index is 2.00. The van der Waals surface area contributed by atoms with Crippen LogP contribution in [0, 0.1) is 5.92 Å². The van der Waals surface area contributed by atoms with E-state index in [4.69, 9.17) is 0 Å². The summed E-state index contributed by atoms with van der Waals surface area (Å²) in [5.74, 6) is 0.786. The lowest BCUT2D eigenvalue weighted by Gasteiger charge is -2.30. The minimum Gasteiger partial charge on any atom is -0.212 e. The molecule has 0 amide bonds. The van der Waals surface area contributed by atoms with Gasteiger partial charge in [-0.1, -0.05) is 48.0 Å². The lowest BCUT2D eigenvalue weighted by molar-refractivity contribution is 0.325. The highest BCUT2D eigenvalue weighted by molar-refractivity contribution is 9.09. The number of rotatable bonds is 6. The van der Waals surface area contributed by atoms with Crippen molar-refractivity contribution >= 4 is 26.0 Å². The van der Waals surface area contributed by atoms with E-state index in [0.717, 1.165) is 31.0 Å². The van der Waals surface area contributed by atoms with E-state index in [2.05, 4.69) is 15.9 Å². The van der Waals surface area contributed by atoms with Crippen LogP contribution >= 0.6 is 15.9 Å². The summed E-state index contributed by atoms with van der Waals surface area (Å²) in [6, 6.07) is 0.270. The molecular formula is C14H26BrNO2S. The third kappa shape index (κ3) is 4.43. The van der Waals surface area contributed by atoms with E-state index in [0.29, 0.717) is 18.2 Å². The average molecular weight is 352 g/mol. The van der Waals surface area contributed by atoms with Gasteiger partial charge in [-0.25, -0.2) is 8.42 Å². The Morgan fingerprint density at radius 1 is 0.947 bits per heavy atom. The number of alkyl halides is 1. The van der Waals surface area contributed by atoms with E-state index in [1.807, 2.05) is 4.31 Å². The van der Waals surface area contributed by atoms with Crippen LogP contribution in [0.3, 0.4) is 0 Å². The largest absolute Gasteiger partial charge is 0.214 e. The molecule has 2 fully saturated rings. The summed E-state index contributed by atoms with van der Waals surface area (Å²) in [6.45, 7) is 0.639. The molecule has 0 aromatic rings. The van der Waals surface area contributed by atoms with Gasteiger partial charge in [0, 0.05) is 17.9 Å². The Hall–Kier alpha value is 0.390. The first-order chi connectivity index (χ1) is 9.13. The fourth-order valence-electron chi connectivity index (χ4n) is 3.57. The van der Waals surface area contributed by atoms with Crippen LogP contribution in [-0.4, -0.2) is 36.4 Å². The second-order valence-corrected chi connectivity index (χ2v) is 8.78. The first-order valence-electron chi connectivity index (χ1n) is 7.69. The molecule has 0 aromatic carbocycles. The minimum absolute atomic E-state index is 0.270. The monoisotopic (exact) mass is 351 g/mol. The lowest BCUT2D eigenvalue weighted by Crippen LogP contribution is -2.42. The molecule has 0 radical (unpaired) electrons. The second-order valence-electron chi connectivity index (χ2n) is 6.02. The van der Waals surface area contributed by atoms with E-state index in [9.17, 15) is 8.42 Å². The molecule has 5 heteroatoms. The molecule has 0 aromatic heterocycles. The molecule has 0 N–H and O–H groups in total. The van der Waals surface area contributed by atoms with Crippen molar-refractivity contribution in [3.8, 4) is 0 Å². The number of halogens is 1. The molecule has 0 heterocycles. The van der Waals surface area contributed by atoms with Gasteiger partial charge in [0.25, 0.3) is 0 Å². The maximum absolute atomic E-state index is 12.7. The molecule has 0 unspecified atom stereocenters. The predicted octanol–water partition coefficient (Wildman–Crippen LogP) is 3.54. The summed E-state index contributed by atoms with van der Waals surface area (Å²) < 4.78 is 27.2. The topological polar surface area (TPSA) is 37.4 Å². The Kier molecular flexibility index (Phi) is 6.15. The SMILES string of the molecule is O=S(=O)(CC1CCCCC1)N(CCBr)C1CCCC1. The molecule has 0 bridgehead atoms. The summed E-state index contributed by atoms with van der Waals surface area (Å²) >= 11 is 3.41. The smallest absolute Gasteiger partial charge is 0.212 e. The highest BCUT2D eigenvalue weighted by atomic mass is 79.9. The third-order valence-corrected chi connectivity index (χ3v) is 7.01. The maximum Gasteiger partial charge on any atom is 0.214 e. The van der Waals surface area contributed by atoms with Crippen LogP contribution in [0.1, 0.15) is 57.8 Å². The van der Waals surface area contributed by atoms with Gasteiger partial charge in [0.2, 0.25) is 10.0 Å². The molecule has 19 heavy (non-hydrogen) atoms. The Bertz CT molecular complexity index is 360. The first-order valence-corrected chi connectivity index (χ1v) is 10.4. The van der Waals surface area contributed by atoms with Crippen LogP contribution < -0.4 is 0 Å². The zero-order valence-corrected chi connectivity index (χ0v) is 14.1. The Morgan fingerprint density at radius 2 is 1.53 bits per heavy atom. The highest BCUT2D eigenvalue weighted by Crippen LogP contribution is 2.29. The van der Waals surface area contributed by atoms with E-state index < -0.39 is 10.0 Å². The number of hydrogen-bond donors (Lipinski definition) is 0. The molecule has 3 nitrogen and oxygen atoms in total. The standard InChI is InChI=1S/C14H26BrNO2S/c15-10-11-16(14-8-4-5-9-14)19(17,18)12-13-6-2-1-3-7-13/h13-14H,1-12H2. The Labute approximate surface area is 126 Å². The summed E-state index contributed by atoms with van der Waals surface area (Å²) in [5, 5.41) is 0.743. The van der Waals surface area contributed by atoms with Crippen molar-refractivity contribution in [2.24, 2.45) is 5.92 Å². The summed E-state index contributed by atoms with van der Waals surface area (Å²) in [7, 11) is -3.06. The fourth-order valence-corrected chi connectivity index (χ4v) is 6.34. The van der Waals surface area contributed by atoms with E-state index in [-0.39, 0.29) is 6.04 Å². The van der Waals surface area contributed by atoms with Gasteiger partial charge in [-0.05, 0) is 31.6 Å². The van der Waals surface area contributed by atoms with Crippen molar-refractivity contribution < 1.29 is 8.42 Å². The molecule has 2 saturated carbocycles. The van der Waals surface area contributed by atoms with Crippen LogP contribution in [0.2, 0.25) is 0 Å². The van der Waals surface area contributed by atoms with Gasteiger partial charge in [0.05, 0.1) is 5.75 Å². The first kappa shape index (κ1) is 15.8. The van der Waals surface area contributed by atoms with Crippen LogP contribution in [0.5, 0.6) is 0 Å². The summed E-state index contributed by atoms with van der Waals surface area (Å²) in [6.07, 6.45) is 10.4. The molecule has 2 aliphatic carbocycles. The molecule has 0 spiro atoms. The minimum atomic E-state index is -3.06. The van der Waals surface area contributed by atoms with Gasteiger partial charge < -0.3 is 0 Å². The van der Waals surface area contributed by atoms with Crippen molar-refractivity contribution in [3.05, 3.63) is 0 Å². The van der Waals surface area contributed by atoms with Crippen LogP contribution in [0.25, 0.3) is 0 Å². The highest BCUT2D eigenvalue weighted by Gasteiger charge is 2.33. The van der Waals surface area contributed by atoms with Gasteiger partial charge in [-0.3, -0.25) is 0 Å².